The highest BCUT2D eigenvalue weighted by atomic mass is 16.4. The third kappa shape index (κ3) is 1.84. The number of rotatable bonds is 2. The van der Waals surface area contributed by atoms with Crippen LogP contribution < -0.4 is 5.56 Å². The van der Waals surface area contributed by atoms with Crippen LogP contribution >= 0.6 is 0 Å². The van der Waals surface area contributed by atoms with Gasteiger partial charge in [0.15, 0.2) is 0 Å². The van der Waals surface area contributed by atoms with Gasteiger partial charge in [0.25, 0.3) is 5.56 Å². The van der Waals surface area contributed by atoms with E-state index in [1.165, 1.54) is 13.2 Å². The number of hydrogen-bond donors (Lipinski definition) is 2. The van der Waals surface area contributed by atoms with Crippen molar-refractivity contribution in [2.45, 2.75) is 13.8 Å². The lowest BCUT2D eigenvalue weighted by molar-refractivity contribution is 0.0693. The van der Waals surface area contributed by atoms with Crippen molar-refractivity contribution in [1.82, 2.24) is 9.97 Å². The standard InChI is InChI=1S/C11H10N2O4/c1-5-8(11(15)16)10(14)13-9(12-5)7-3-4-17-6(7)2/h3-4H,1-2H3,(H,15,16)(H,12,13,14). The van der Waals surface area contributed by atoms with E-state index in [1.807, 2.05) is 0 Å². The molecule has 0 spiro atoms. The van der Waals surface area contributed by atoms with Crippen LogP contribution in [0.15, 0.2) is 21.5 Å². The molecule has 0 aliphatic rings. The fourth-order valence-corrected chi connectivity index (χ4v) is 1.60. The van der Waals surface area contributed by atoms with E-state index in [0.717, 1.165) is 0 Å². The van der Waals surface area contributed by atoms with Gasteiger partial charge in [-0.25, -0.2) is 9.78 Å². The number of aromatic nitrogens is 2. The van der Waals surface area contributed by atoms with Gasteiger partial charge in [0.1, 0.15) is 17.1 Å². The molecule has 0 radical (unpaired) electrons. The first-order chi connectivity index (χ1) is 8.00. The van der Waals surface area contributed by atoms with Crippen LogP contribution in [-0.2, 0) is 0 Å². The first-order valence-corrected chi connectivity index (χ1v) is 4.89. The molecule has 2 aromatic heterocycles. The molecule has 17 heavy (non-hydrogen) atoms. The number of carboxylic acids is 1. The molecule has 6 heteroatoms. The van der Waals surface area contributed by atoms with Gasteiger partial charge in [-0.3, -0.25) is 4.79 Å². The van der Waals surface area contributed by atoms with Crippen molar-refractivity contribution in [1.29, 1.82) is 0 Å². The summed E-state index contributed by atoms with van der Waals surface area (Å²) < 4.78 is 5.10. The van der Waals surface area contributed by atoms with E-state index >= 15 is 0 Å². The summed E-state index contributed by atoms with van der Waals surface area (Å²) in [4.78, 5) is 28.9. The molecule has 0 unspecified atom stereocenters. The zero-order valence-electron chi connectivity index (χ0n) is 9.27. The minimum absolute atomic E-state index is 0.178. The number of nitrogens with one attached hydrogen (secondary N) is 1. The summed E-state index contributed by atoms with van der Waals surface area (Å²) in [5.41, 5.74) is -0.186. The summed E-state index contributed by atoms with van der Waals surface area (Å²) >= 11 is 0. The molecule has 2 N–H and O–H groups in total. The van der Waals surface area contributed by atoms with Gasteiger partial charge >= 0.3 is 5.97 Å². The van der Waals surface area contributed by atoms with E-state index in [9.17, 15) is 9.59 Å². The molecule has 2 rings (SSSR count). The summed E-state index contributed by atoms with van der Waals surface area (Å²) in [5.74, 6) is -0.369. The second-order valence-electron chi connectivity index (χ2n) is 3.57. The van der Waals surface area contributed by atoms with Gasteiger partial charge in [0.2, 0.25) is 0 Å². The molecule has 2 heterocycles. The number of carbonyl (C=O) groups is 1. The van der Waals surface area contributed by atoms with Crippen molar-refractivity contribution in [2.75, 3.05) is 0 Å². The van der Waals surface area contributed by atoms with E-state index in [1.54, 1.807) is 13.0 Å². The Morgan fingerprint density at radius 3 is 2.65 bits per heavy atom. The SMILES string of the molecule is Cc1nc(-c2ccoc2C)[nH]c(=O)c1C(=O)O. The molecule has 0 bridgehead atoms. The molecule has 0 saturated heterocycles. The second-order valence-corrected chi connectivity index (χ2v) is 3.57. The number of aromatic amines is 1. The molecular weight excluding hydrogens is 224 g/mol. The largest absolute Gasteiger partial charge is 0.477 e. The number of hydrogen-bond acceptors (Lipinski definition) is 4. The molecule has 88 valence electrons. The van der Waals surface area contributed by atoms with Crippen molar-refractivity contribution in [3.63, 3.8) is 0 Å². The fraction of sp³-hybridized carbons (Fsp3) is 0.182. The summed E-state index contributed by atoms with van der Waals surface area (Å²) in [6.07, 6.45) is 1.48. The minimum atomic E-state index is -1.29. The van der Waals surface area contributed by atoms with Crippen LogP contribution in [0.5, 0.6) is 0 Å². The lowest BCUT2D eigenvalue weighted by Crippen LogP contribution is -2.21. The third-order valence-electron chi connectivity index (χ3n) is 2.43. The Morgan fingerprint density at radius 1 is 1.47 bits per heavy atom. The van der Waals surface area contributed by atoms with Crippen molar-refractivity contribution in [3.05, 3.63) is 39.7 Å². The van der Waals surface area contributed by atoms with Gasteiger partial charge in [-0.15, -0.1) is 0 Å². The van der Waals surface area contributed by atoms with E-state index < -0.39 is 11.5 Å². The summed E-state index contributed by atoms with van der Waals surface area (Å²) in [7, 11) is 0. The van der Waals surface area contributed by atoms with Crippen molar-refractivity contribution in [2.24, 2.45) is 0 Å². The monoisotopic (exact) mass is 234 g/mol. The quantitative estimate of drug-likeness (QED) is 0.817. The molecule has 0 aliphatic carbocycles. The van der Waals surface area contributed by atoms with Crippen LogP contribution in [0.3, 0.4) is 0 Å². The highest BCUT2D eigenvalue weighted by Crippen LogP contribution is 2.20. The molecule has 0 saturated carbocycles. The Kier molecular flexibility index (Phi) is 2.55. The van der Waals surface area contributed by atoms with Crippen LogP contribution in [0.25, 0.3) is 11.4 Å². The van der Waals surface area contributed by atoms with Crippen LogP contribution in [0.2, 0.25) is 0 Å². The number of carboxylic acid groups (broad SMARTS) is 1. The molecule has 2 aromatic rings. The molecule has 0 fully saturated rings. The topological polar surface area (TPSA) is 96.2 Å². The van der Waals surface area contributed by atoms with Gasteiger partial charge in [-0.1, -0.05) is 0 Å². The fourth-order valence-electron chi connectivity index (χ4n) is 1.60. The Hall–Kier alpha value is -2.37. The van der Waals surface area contributed by atoms with Crippen LogP contribution in [-0.4, -0.2) is 21.0 Å². The Morgan fingerprint density at radius 2 is 2.18 bits per heavy atom. The van der Waals surface area contributed by atoms with E-state index in [0.29, 0.717) is 17.1 Å². The average molecular weight is 234 g/mol. The van der Waals surface area contributed by atoms with Crippen molar-refractivity contribution in [3.8, 4) is 11.4 Å². The molecule has 0 atom stereocenters. The summed E-state index contributed by atoms with van der Waals surface area (Å²) in [6, 6.07) is 1.66. The number of H-pyrrole nitrogens is 1. The lowest BCUT2D eigenvalue weighted by Gasteiger charge is -2.03. The number of aromatic carboxylic acids is 1. The first kappa shape index (κ1) is 11.1. The predicted molar refractivity (Wildman–Crippen MR) is 59.0 cm³/mol. The number of furan rings is 1. The van der Waals surface area contributed by atoms with E-state index in [4.69, 9.17) is 9.52 Å². The molecule has 0 amide bonds. The van der Waals surface area contributed by atoms with Crippen LogP contribution in [0.1, 0.15) is 21.8 Å². The lowest BCUT2D eigenvalue weighted by atomic mass is 10.2. The predicted octanol–water partition coefficient (Wildman–Crippen LogP) is 1.34. The highest BCUT2D eigenvalue weighted by Gasteiger charge is 2.16. The zero-order chi connectivity index (χ0) is 12.6. The maximum atomic E-state index is 11.6. The zero-order valence-corrected chi connectivity index (χ0v) is 9.27. The Bertz CT molecular complexity index is 639. The summed E-state index contributed by atoms with van der Waals surface area (Å²) in [5, 5.41) is 8.84. The Labute approximate surface area is 95.9 Å². The smallest absolute Gasteiger partial charge is 0.343 e. The number of aryl methyl sites for hydroxylation is 2. The molecule has 0 aliphatic heterocycles. The average Bonchev–Trinajstić information content (AvgIpc) is 2.62. The van der Waals surface area contributed by atoms with Crippen LogP contribution in [0, 0.1) is 13.8 Å². The minimum Gasteiger partial charge on any atom is -0.477 e. The normalized spacial score (nSPS) is 10.5. The first-order valence-electron chi connectivity index (χ1n) is 4.89. The van der Waals surface area contributed by atoms with Gasteiger partial charge in [0, 0.05) is 0 Å². The van der Waals surface area contributed by atoms with Gasteiger partial charge in [-0.05, 0) is 19.9 Å². The molecule has 6 nitrogen and oxygen atoms in total. The highest BCUT2D eigenvalue weighted by molar-refractivity contribution is 5.88. The number of nitrogens with zero attached hydrogens (tertiary/aromatic N) is 1. The van der Waals surface area contributed by atoms with Gasteiger partial charge in [0.05, 0.1) is 17.5 Å². The maximum Gasteiger partial charge on any atom is 0.343 e. The van der Waals surface area contributed by atoms with E-state index in [2.05, 4.69) is 9.97 Å². The molecule has 0 aromatic carbocycles. The third-order valence-corrected chi connectivity index (χ3v) is 2.43. The van der Waals surface area contributed by atoms with E-state index in [-0.39, 0.29) is 11.3 Å². The maximum absolute atomic E-state index is 11.6. The molecular formula is C11H10N2O4. The van der Waals surface area contributed by atoms with Crippen molar-refractivity contribution < 1.29 is 14.3 Å². The van der Waals surface area contributed by atoms with Gasteiger partial charge < -0.3 is 14.5 Å². The second kappa shape index (κ2) is 3.89. The summed E-state index contributed by atoms with van der Waals surface area (Å²) in [6.45, 7) is 3.22. The Balaban J connectivity index is 2.65. The van der Waals surface area contributed by atoms with Crippen molar-refractivity contribution >= 4 is 5.97 Å². The van der Waals surface area contributed by atoms with Gasteiger partial charge in [-0.2, -0.15) is 0 Å². The van der Waals surface area contributed by atoms with Crippen LogP contribution in [0.4, 0.5) is 0 Å².